The average molecular weight is 195 g/mol. The highest BCUT2D eigenvalue weighted by Crippen LogP contribution is 2.26. The maximum Gasteiger partial charge on any atom is 0.214 e. The zero-order chi connectivity index (χ0) is 8.91. The van der Waals surface area contributed by atoms with E-state index < -0.39 is 10.4 Å². The van der Waals surface area contributed by atoms with Crippen molar-refractivity contribution in [2.75, 3.05) is 5.75 Å². The summed E-state index contributed by atoms with van der Waals surface area (Å²) < 4.78 is 0. The molecule has 0 aromatic rings. The van der Waals surface area contributed by atoms with Crippen LogP contribution >= 0.6 is 24.4 Å². The molecule has 1 unspecified atom stereocenters. The summed E-state index contributed by atoms with van der Waals surface area (Å²) in [6.07, 6.45) is 1.78. The summed E-state index contributed by atoms with van der Waals surface area (Å²) in [6.45, 7) is 1.55. The van der Waals surface area contributed by atoms with Gasteiger partial charge in [0.25, 0.3) is 0 Å². The number of hydrogen-bond acceptors (Lipinski definition) is 5. The Balaban J connectivity index is 3.79. The lowest BCUT2D eigenvalue weighted by atomic mass is 10.5. The molecule has 0 saturated heterocycles. The van der Waals surface area contributed by atoms with Gasteiger partial charge in [-0.2, -0.15) is 12.6 Å². The highest BCUT2D eigenvalue weighted by Gasteiger charge is 2.25. The van der Waals surface area contributed by atoms with Gasteiger partial charge in [-0.25, -0.2) is 0 Å². The van der Waals surface area contributed by atoms with Crippen LogP contribution in [0.4, 0.5) is 0 Å². The molecule has 2 N–H and O–H groups in total. The van der Waals surface area contributed by atoms with E-state index in [9.17, 15) is 4.79 Å². The minimum atomic E-state index is -1.85. The minimum Gasteiger partial charge on any atom is -0.357 e. The molecule has 1 atom stereocenters. The van der Waals surface area contributed by atoms with Crippen LogP contribution in [0.3, 0.4) is 0 Å². The molecule has 65 valence electrons. The van der Waals surface area contributed by atoms with E-state index in [0.29, 0.717) is 5.75 Å². The monoisotopic (exact) mass is 195 g/mol. The smallest absolute Gasteiger partial charge is 0.214 e. The van der Waals surface area contributed by atoms with E-state index in [2.05, 4.69) is 12.6 Å². The number of carbonyl (C=O) groups excluding carboxylic acids is 1. The van der Waals surface area contributed by atoms with Crippen LogP contribution in [-0.4, -0.2) is 32.6 Å². The van der Waals surface area contributed by atoms with E-state index in [1.165, 1.54) is 0 Å². The molecule has 0 fully saturated rings. The van der Waals surface area contributed by atoms with Crippen LogP contribution in [0.1, 0.15) is 13.3 Å². The van der Waals surface area contributed by atoms with Crippen molar-refractivity contribution in [2.24, 2.45) is 0 Å². The fraction of sp³-hybridized carbons (Fsp3) is 0.833. The molecule has 0 aliphatic heterocycles. The summed E-state index contributed by atoms with van der Waals surface area (Å²) >= 11 is 4.60. The molecule has 0 aliphatic carbocycles. The Morgan fingerprint density at radius 2 is 2.27 bits per heavy atom. The van der Waals surface area contributed by atoms with Gasteiger partial charge in [0, 0.05) is 6.42 Å². The molecule has 0 amide bonds. The summed E-state index contributed by atoms with van der Waals surface area (Å²) in [7, 11) is 0. The molecule has 5 heteroatoms. The van der Waals surface area contributed by atoms with Gasteiger partial charge in [0.2, 0.25) is 11.4 Å². The second kappa shape index (κ2) is 5.03. The molecule has 3 nitrogen and oxygen atoms in total. The molecule has 0 bridgehead atoms. The molecule has 0 rings (SSSR count). The van der Waals surface area contributed by atoms with Gasteiger partial charge in [-0.3, -0.25) is 4.79 Å². The number of thioether (sulfide) groups is 1. The Morgan fingerprint density at radius 3 is 2.64 bits per heavy atom. The first-order valence-corrected chi connectivity index (χ1v) is 4.64. The third-order valence-electron chi connectivity index (χ3n) is 0.969. The Labute approximate surface area is 75.6 Å². The zero-order valence-electron chi connectivity index (χ0n) is 6.15. The van der Waals surface area contributed by atoms with Gasteiger partial charge >= 0.3 is 0 Å². The number of rotatable bonds is 5. The lowest BCUT2D eigenvalue weighted by Crippen LogP contribution is -2.27. The third kappa shape index (κ3) is 5.55. The van der Waals surface area contributed by atoms with E-state index in [1.807, 2.05) is 0 Å². The van der Waals surface area contributed by atoms with Crippen molar-refractivity contribution >= 4 is 30.7 Å². The van der Waals surface area contributed by atoms with Crippen LogP contribution in [0.2, 0.25) is 0 Å². The minimum absolute atomic E-state index is 0.132. The van der Waals surface area contributed by atoms with Crippen LogP contribution in [-0.2, 0) is 4.79 Å². The lowest BCUT2D eigenvalue weighted by molar-refractivity contribution is -0.0767. The largest absolute Gasteiger partial charge is 0.357 e. The van der Waals surface area contributed by atoms with Gasteiger partial charge in [0.15, 0.2) is 0 Å². The highest BCUT2D eigenvalue weighted by atomic mass is 32.2. The zero-order valence-corrected chi connectivity index (χ0v) is 7.86. The van der Waals surface area contributed by atoms with Crippen molar-refractivity contribution in [3.63, 3.8) is 0 Å². The molecule has 1 radical (unpaired) electrons. The standard InChI is InChI=1S/C6H11O3S2/c1-5(4-7)11-6(8,9)2-3-10/h5,8-10H,2-3H2,1H3. The normalized spacial score (nSPS) is 14.5. The topological polar surface area (TPSA) is 57.5 Å². The van der Waals surface area contributed by atoms with E-state index in [-0.39, 0.29) is 6.42 Å². The Bertz CT molecular complexity index is 127. The van der Waals surface area contributed by atoms with Gasteiger partial charge in [-0.15, -0.1) is 0 Å². The van der Waals surface area contributed by atoms with Crippen LogP contribution in [0.5, 0.6) is 0 Å². The summed E-state index contributed by atoms with van der Waals surface area (Å²) in [5, 5.41) is 15.8. The van der Waals surface area contributed by atoms with Crippen molar-refractivity contribution in [3.8, 4) is 0 Å². The van der Waals surface area contributed by atoms with Gasteiger partial charge in [0.1, 0.15) is 0 Å². The van der Waals surface area contributed by atoms with Crippen LogP contribution in [0.25, 0.3) is 0 Å². The maximum atomic E-state index is 10.00. The van der Waals surface area contributed by atoms with E-state index >= 15 is 0 Å². The number of aliphatic hydroxyl groups is 2. The molecule has 0 aromatic carbocycles. The van der Waals surface area contributed by atoms with Crippen LogP contribution < -0.4 is 0 Å². The predicted octanol–water partition coefficient (Wildman–Crippen LogP) is 0.176. The number of thiol groups is 1. The first-order valence-electron chi connectivity index (χ1n) is 3.13. The van der Waals surface area contributed by atoms with Crippen molar-refractivity contribution in [2.45, 2.75) is 23.7 Å². The van der Waals surface area contributed by atoms with E-state index in [1.54, 1.807) is 13.2 Å². The van der Waals surface area contributed by atoms with Crippen LogP contribution in [0.15, 0.2) is 0 Å². The fourth-order valence-corrected chi connectivity index (χ4v) is 1.81. The molecular weight excluding hydrogens is 184 g/mol. The molecule has 0 saturated carbocycles. The molecule has 0 aromatic heterocycles. The first-order chi connectivity index (χ1) is 5.02. The second-order valence-electron chi connectivity index (χ2n) is 2.09. The molecule has 0 aliphatic rings. The van der Waals surface area contributed by atoms with Crippen molar-refractivity contribution in [1.29, 1.82) is 0 Å². The van der Waals surface area contributed by atoms with Crippen LogP contribution in [0, 0.1) is 0 Å². The fourth-order valence-electron chi connectivity index (χ4n) is 0.512. The van der Waals surface area contributed by atoms with Gasteiger partial charge in [-0.1, -0.05) is 11.8 Å². The highest BCUT2D eigenvalue weighted by molar-refractivity contribution is 8.01. The molecule has 0 heterocycles. The Morgan fingerprint density at radius 1 is 1.73 bits per heavy atom. The van der Waals surface area contributed by atoms with E-state index in [4.69, 9.17) is 10.2 Å². The van der Waals surface area contributed by atoms with Gasteiger partial charge in [-0.05, 0) is 12.7 Å². The van der Waals surface area contributed by atoms with Crippen molar-refractivity contribution < 1.29 is 15.0 Å². The average Bonchev–Trinajstić information content (AvgIpc) is 1.86. The lowest BCUT2D eigenvalue weighted by Gasteiger charge is -2.20. The van der Waals surface area contributed by atoms with Crippen molar-refractivity contribution in [3.05, 3.63) is 0 Å². The summed E-state index contributed by atoms with van der Waals surface area (Å²) in [6, 6.07) is 0. The third-order valence-corrected chi connectivity index (χ3v) is 2.22. The Kier molecular flexibility index (Phi) is 5.16. The predicted molar refractivity (Wildman–Crippen MR) is 48.4 cm³/mol. The van der Waals surface area contributed by atoms with Gasteiger partial charge in [0.05, 0.1) is 5.25 Å². The van der Waals surface area contributed by atoms with E-state index in [0.717, 1.165) is 11.8 Å². The number of hydrogen-bond donors (Lipinski definition) is 3. The summed E-state index contributed by atoms with van der Waals surface area (Å²) in [5.74, 6) is 0.367. The quantitative estimate of drug-likeness (QED) is 0.432. The summed E-state index contributed by atoms with van der Waals surface area (Å²) in [5.41, 5.74) is 0. The van der Waals surface area contributed by atoms with Gasteiger partial charge < -0.3 is 10.2 Å². The SMILES string of the molecule is CC([C]=O)SC(O)(O)CCS. The molecular formula is C6H11O3S2. The second-order valence-corrected chi connectivity index (χ2v) is 4.14. The first kappa shape index (κ1) is 11.3. The molecule has 0 spiro atoms. The van der Waals surface area contributed by atoms with Crippen molar-refractivity contribution in [1.82, 2.24) is 0 Å². The maximum absolute atomic E-state index is 10.00. The molecule has 11 heavy (non-hydrogen) atoms. The summed E-state index contributed by atoms with van der Waals surface area (Å²) in [4.78, 5) is 10.00. The Hall–Kier alpha value is 0.290.